The number of benzene rings is 2. The Balaban J connectivity index is 1.72. The molecule has 9 heteroatoms. The van der Waals surface area contributed by atoms with Gasteiger partial charge in [-0.05, 0) is 48.5 Å². The van der Waals surface area contributed by atoms with Gasteiger partial charge >= 0.3 is 6.18 Å². The molecule has 138 valence electrons. The molecule has 0 spiro atoms. The van der Waals surface area contributed by atoms with Crippen molar-refractivity contribution in [1.29, 1.82) is 0 Å². The van der Waals surface area contributed by atoms with Crippen LogP contribution in [0, 0.1) is 0 Å². The van der Waals surface area contributed by atoms with Gasteiger partial charge in [-0.2, -0.15) is 13.2 Å². The summed E-state index contributed by atoms with van der Waals surface area (Å²) in [5.41, 5.74) is 0.115. The van der Waals surface area contributed by atoms with Crippen LogP contribution in [0.2, 0.25) is 5.02 Å². The molecule has 5 nitrogen and oxygen atoms in total. The van der Waals surface area contributed by atoms with Crippen molar-refractivity contribution in [3.63, 3.8) is 0 Å². The summed E-state index contributed by atoms with van der Waals surface area (Å²) in [6, 6.07) is 12.4. The molecule has 0 aliphatic heterocycles. The summed E-state index contributed by atoms with van der Waals surface area (Å²) in [6.07, 6.45) is -3.04. The largest absolute Gasteiger partial charge is 0.416 e. The number of carbonyl (C=O) groups is 1. The minimum atomic E-state index is -4.43. The first-order chi connectivity index (χ1) is 12.8. The van der Waals surface area contributed by atoms with Crippen LogP contribution in [0.25, 0.3) is 0 Å². The minimum absolute atomic E-state index is 0.0504. The summed E-state index contributed by atoms with van der Waals surface area (Å²) in [6.45, 7) is 0. The van der Waals surface area contributed by atoms with E-state index in [9.17, 15) is 18.0 Å². The van der Waals surface area contributed by atoms with Gasteiger partial charge in [0.2, 0.25) is 5.95 Å². The summed E-state index contributed by atoms with van der Waals surface area (Å²) in [4.78, 5) is 20.4. The van der Waals surface area contributed by atoms with Crippen molar-refractivity contribution >= 4 is 34.8 Å². The Morgan fingerprint density at radius 3 is 2.41 bits per heavy atom. The molecule has 1 heterocycles. The van der Waals surface area contributed by atoms with E-state index >= 15 is 0 Å². The third-order valence-corrected chi connectivity index (χ3v) is 3.67. The molecule has 0 bridgehead atoms. The maximum atomic E-state index is 12.6. The number of carbonyl (C=O) groups excluding carboxylic acids is 1. The van der Waals surface area contributed by atoms with Gasteiger partial charge in [-0.25, -0.2) is 9.97 Å². The average Bonchev–Trinajstić information content (AvgIpc) is 2.62. The van der Waals surface area contributed by atoms with E-state index in [-0.39, 0.29) is 17.3 Å². The van der Waals surface area contributed by atoms with Gasteiger partial charge in [0.25, 0.3) is 5.91 Å². The molecule has 0 unspecified atom stereocenters. The van der Waals surface area contributed by atoms with Crippen molar-refractivity contribution in [1.82, 2.24) is 9.97 Å². The highest BCUT2D eigenvalue weighted by Gasteiger charge is 2.30. The van der Waals surface area contributed by atoms with E-state index in [1.807, 2.05) is 0 Å². The van der Waals surface area contributed by atoms with Crippen LogP contribution < -0.4 is 10.6 Å². The van der Waals surface area contributed by atoms with E-state index in [0.29, 0.717) is 10.7 Å². The molecule has 27 heavy (non-hydrogen) atoms. The zero-order valence-corrected chi connectivity index (χ0v) is 14.3. The second-order valence-electron chi connectivity index (χ2n) is 5.43. The number of anilines is 3. The van der Waals surface area contributed by atoms with Gasteiger partial charge in [0, 0.05) is 22.6 Å². The number of amides is 1. The molecule has 0 atom stereocenters. The van der Waals surface area contributed by atoms with Gasteiger partial charge in [0.05, 0.1) is 5.56 Å². The highest BCUT2D eigenvalue weighted by Crippen LogP contribution is 2.29. The van der Waals surface area contributed by atoms with Crippen molar-refractivity contribution < 1.29 is 18.0 Å². The second-order valence-corrected chi connectivity index (χ2v) is 5.87. The molecular weight excluding hydrogens is 381 g/mol. The molecule has 1 aromatic heterocycles. The first-order valence-corrected chi connectivity index (χ1v) is 8.03. The first-order valence-electron chi connectivity index (χ1n) is 7.65. The molecule has 3 aromatic rings. The fraction of sp³-hybridized carbons (Fsp3) is 0.0556. The SMILES string of the molecule is O=C(Nc1ccc(C(F)(F)F)cc1)c1ccnc(Nc2cccc(Cl)c2)n1. The molecule has 0 fully saturated rings. The molecule has 3 rings (SSSR count). The molecule has 0 aliphatic rings. The van der Waals surface area contributed by atoms with Crippen molar-refractivity contribution in [2.75, 3.05) is 10.6 Å². The number of hydrogen-bond donors (Lipinski definition) is 2. The van der Waals surface area contributed by atoms with Crippen LogP contribution in [0.15, 0.2) is 60.8 Å². The normalized spacial score (nSPS) is 11.1. The van der Waals surface area contributed by atoms with E-state index in [1.165, 1.54) is 24.4 Å². The number of hydrogen-bond acceptors (Lipinski definition) is 4. The van der Waals surface area contributed by atoms with Crippen LogP contribution in [0.4, 0.5) is 30.5 Å². The Hall–Kier alpha value is -3.13. The molecule has 1 amide bonds. The van der Waals surface area contributed by atoms with E-state index in [0.717, 1.165) is 12.1 Å². The zero-order valence-electron chi connectivity index (χ0n) is 13.6. The minimum Gasteiger partial charge on any atom is -0.324 e. The first kappa shape index (κ1) is 18.7. The Labute approximate surface area is 157 Å². The van der Waals surface area contributed by atoms with Crippen molar-refractivity contribution in [2.24, 2.45) is 0 Å². The average molecular weight is 393 g/mol. The van der Waals surface area contributed by atoms with Crippen LogP contribution in [-0.2, 0) is 6.18 Å². The number of halogens is 4. The van der Waals surface area contributed by atoms with Crippen molar-refractivity contribution in [3.05, 3.63) is 77.1 Å². The maximum Gasteiger partial charge on any atom is 0.416 e. The van der Waals surface area contributed by atoms with E-state index < -0.39 is 17.6 Å². The third kappa shape index (κ3) is 4.95. The Morgan fingerprint density at radius 1 is 1.00 bits per heavy atom. The number of alkyl halides is 3. The lowest BCUT2D eigenvalue weighted by atomic mass is 10.2. The van der Waals surface area contributed by atoms with Crippen LogP contribution in [-0.4, -0.2) is 15.9 Å². The molecule has 0 radical (unpaired) electrons. The number of rotatable bonds is 4. The Kier molecular flexibility index (Phi) is 5.27. The summed E-state index contributed by atoms with van der Waals surface area (Å²) in [5.74, 6) is -0.399. The molecule has 2 aromatic carbocycles. The topological polar surface area (TPSA) is 66.9 Å². The van der Waals surface area contributed by atoms with Crippen molar-refractivity contribution in [2.45, 2.75) is 6.18 Å². The molecule has 0 saturated heterocycles. The Bertz CT molecular complexity index is 961. The maximum absolute atomic E-state index is 12.6. The molecule has 0 saturated carbocycles. The number of nitrogens with one attached hydrogen (secondary N) is 2. The van der Waals surface area contributed by atoms with Crippen LogP contribution >= 0.6 is 11.6 Å². The Morgan fingerprint density at radius 2 is 1.74 bits per heavy atom. The van der Waals surface area contributed by atoms with Gasteiger partial charge in [-0.15, -0.1) is 0 Å². The van der Waals surface area contributed by atoms with Gasteiger partial charge in [0.15, 0.2) is 0 Å². The smallest absolute Gasteiger partial charge is 0.324 e. The monoisotopic (exact) mass is 392 g/mol. The number of aromatic nitrogens is 2. The second kappa shape index (κ2) is 7.63. The van der Waals surface area contributed by atoms with Gasteiger partial charge in [-0.1, -0.05) is 17.7 Å². The lowest BCUT2D eigenvalue weighted by Gasteiger charge is -2.09. The van der Waals surface area contributed by atoms with E-state index in [2.05, 4.69) is 20.6 Å². The lowest BCUT2D eigenvalue weighted by Crippen LogP contribution is -2.15. The highest BCUT2D eigenvalue weighted by atomic mass is 35.5. The van der Waals surface area contributed by atoms with Crippen LogP contribution in [0.5, 0.6) is 0 Å². The van der Waals surface area contributed by atoms with Gasteiger partial charge < -0.3 is 10.6 Å². The van der Waals surface area contributed by atoms with Gasteiger partial charge in [0.1, 0.15) is 5.69 Å². The fourth-order valence-electron chi connectivity index (χ4n) is 2.18. The highest BCUT2D eigenvalue weighted by molar-refractivity contribution is 6.30. The summed E-state index contributed by atoms with van der Waals surface area (Å²) in [5, 5.41) is 5.93. The van der Waals surface area contributed by atoms with Crippen molar-refractivity contribution in [3.8, 4) is 0 Å². The quantitative estimate of drug-likeness (QED) is 0.644. The van der Waals surface area contributed by atoms with Crippen LogP contribution in [0.1, 0.15) is 16.1 Å². The van der Waals surface area contributed by atoms with Gasteiger partial charge in [-0.3, -0.25) is 4.79 Å². The third-order valence-electron chi connectivity index (χ3n) is 3.44. The van der Waals surface area contributed by atoms with E-state index in [1.54, 1.807) is 24.3 Å². The fourth-order valence-corrected chi connectivity index (χ4v) is 2.37. The molecule has 0 aliphatic carbocycles. The predicted molar refractivity (Wildman–Crippen MR) is 96.2 cm³/mol. The summed E-state index contributed by atoms with van der Waals surface area (Å²) < 4.78 is 37.7. The predicted octanol–water partition coefficient (Wildman–Crippen LogP) is 5.14. The summed E-state index contributed by atoms with van der Waals surface area (Å²) in [7, 11) is 0. The lowest BCUT2D eigenvalue weighted by molar-refractivity contribution is -0.137. The molecule has 2 N–H and O–H groups in total. The summed E-state index contributed by atoms with van der Waals surface area (Å²) >= 11 is 5.91. The molecular formula is C18H12ClF3N4O. The van der Waals surface area contributed by atoms with E-state index in [4.69, 9.17) is 11.6 Å². The van der Waals surface area contributed by atoms with Crippen LogP contribution in [0.3, 0.4) is 0 Å². The standard InChI is InChI=1S/C18H12ClF3N4O/c19-12-2-1-3-14(10-12)25-17-23-9-8-15(26-17)16(27)24-13-6-4-11(5-7-13)18(20,21)22/h1-10H,(H,24,27)(H,23,25,26). The zero-order chi connectivity index (χ0) is 19.4. The number of nitrogens with zero attached hydrogens (tertiary/aromatic N) is 2.